The van der Waals surface area contributed by atoms with Crippen LogP contribution in [-0.2, 0) is 9.59 Å². The van der Waals surface area contributed by atoms with Crippen LogP contribution in [0, 0.1) is 0 Å². The van der Waals surface area contributed by atoms with Crippen LogP contribution in [0.3, 0.4) is 0 Å². The number of carbonyl (C=O) groups is 2. The van der Waals surface area contributed by atoms with Crippen molar-refractivity contribution in [2.24, 2.45) is 5.10 Å². The molecule has 0 aliphatic carbocycles. The number of anilines is 1. The van der Waals surface area contributed by atoms with Crippen LogP contribution in [0.5, 0.6) is 0 Å². The second-order valence-electron chi connectivity index (χ2n) is 7.25. The normalized spacial score (nSPS) is 15.9. The average molecular weight is 458 g/mol. The summed E-state index contributed by atoms with van der Waals surface area (Å²) >= 11 is 3.44. The Morgan fingerprint density at radius 2 is 1.76 bits per heavy atom. The van der Waals surface area contributed by atoms with Crippen LogP contribution < -0.4 is 4.90 Å². The van der Waals surface area contributed by atoms with Crippen molar-refractivity contribution in [1.82, 2.24) is 5.01 Å². The van der Waals surface area contributed by atoms with Gasteiger partial charge in [0.2, 0.25) is 5.91 Å². The Morgan fingerprint density at radius 3 is 2.34 bits per heavy atom. The number of hydrogen-bond donors (Lipinski definition) is 1. The third-order valence-electron chi connectivity index (χ3n) is 4.92. The molecule has 3 rings (SSSR count). The van der Waals surface area contributed by atoms with E-state index in [0.29, 0.717) is 12.8 Å². The van der Waals surface area contributed by atoms with Crippen LogP contribution in [0.1, 0.15) is 42.9 Å². The summed E-state index contributed by atoms with van der Waals surface area (Å²) in [5, 5.41) is 15.0. The molecule has 0 saturated carbocycles. The van der Waals surface area contributed by atoms with E-state index in [4.69, 9.17) is 5.11 Å². The third kappa shape index (κ3) is 5.23. The molecule has 6 nitrogen and oxygen atoms in total. The van der Waals surface area contributed by atoms with Gasteiger partial charge in [0, 0.05) is 43.5 Å². The first-order valence-corrected chi connectivity index (χ1v) is 10.3. The van der Waals surface area contributed by atoms with E-state index in [2.05, 4.69) is 21.0 Å². The van der Waals surface area contributed by atoms with Crippen molar-refractivity contribution < 1.29 is 14.7 Å². The minimum absolute atomic E-state index is 0.0227. The molecule has 0 radical (unpaired) electrons. The molecule has 1 unspecified atom stereocenters. The molecular weight excluding hydrogens is 434 g/mol. The van der Waals surface area contributed by atoms with E-state index in [-0.39, 0.29) is 24.8 Å². The van der Waals surface area contributed by atoms with Gasteiger partial charge in [-0.3, -0.25) is 9.59 Å². The molecule has 2 aromatic carbocycles. The number of carboxylic acid groups (broad SMARTS) is 1. The number of carboxylic acids is 1. The van der Waals surface area contributed by atoms with Crippen LogP contribution >= 0.6 is 15.9 Å². The highest BCUT2D eigenvalue weighted by molar-refractivity contribution is 9.10. The van der Waals surface area contributed by atoms with Gasteiger partial charge in [0.25, 0.3) is 0 Å². The molecule has 0 spiro atoms. The molecule has 1 N–H and O–H groups in total. The van der Waals surface area contributed by atoms with Gasteiger partial charge in [-0.2, -0.15) is 5.10 Å². The predicted octanol–water partition coefficient (Wildman–Crippen LogP) is 4.45. The van der Waals surface area contributed by atoms with E-state index >= 15 is 0 Å². The zero-order valence-electron chi connectivity index (χ0n) is 16.5. The Hall–Kier alpha value is -2.67. The van der Waals surface area contributed by atoms with Gasteiger partial charge >= 0.3 is 5.97 Å². The summed E-state index contributed by atoms with van der Waals surface area (Å²) in [6.45, 7) is 0. The molecular formula is C22H24BrN3O3. The molecule has 0 bridgehead atoms. The van der Waals surface area contributed by atoms with Crippen LogP contribution in [0.2, 0.25) is 0 Å². The molecule has 152 valence electrons. The lowest BCUT2D eigenvalue weighted by atomic mass is 9.98. The minimum atomic E-state index is -0.895. The Balaban J connectivity index is 1.85. The van der Waals surface area contributed by atoms with Gasteiger partial charge in [-0.1, -0.05) is 40.2 Å². The highest BCUT2D eigenvalue weighted by Crippen LogP contribution is 2.34. The molecule has 0 saturated heterocycles. The molecule has 1 aliphatic rings. The van der Waals surface area contributed by atoms with Gasteiger partial charge in [-0.25, -0.2) is 5.01 Å². The molecule has 1 atom stereocenters. The number of rotatable bonds is 7. The van der Waals surface area contributed by atoms with Crippen molar-refractivity contribution in [3.8, 4) is 0 Å². The topological polar surface area (TPSA) is 73.2 Å². The summed E-state index contributed by atoms with van der Waals surface area (Å²) in [4.78, 5) is 25.6. The molecule has 29 heavy (non-hydrogen) atoms. The van der Waals surface area contributed by atoms with E-state index in [1.54, 1.807) is 0 Å². The fourth-order valence-corrected chi connectivity index (χ4v) is 3.58. The molecule has 0 fully saturated rings. The van der Waals surface area contributed by atoms with Crippen LogP contribution in [0.4, 0.5) is 5.69 Å². The highest BCUT2D eigenvalue weighted by atomic mass is 79.9. The zero-order chi connectivity index (χ0) is 21.0. The lowest BCUT2D eigenvalue weighted by Gasteiger charge is -2.22. The van der Waals surface area contributed by atoms with E-state index in [0.717, 1.165) is 27.0 Å². The molecule has 1 amide bonds. The average Bonchev–Trinajstić information content (AvgIpc) is 3.14. The van der Waals surface area contributed by atoms with Crippen molar-refractivity contribution in [2.75, 3.05) is 19.0 Å². The number of halogens is 1. The molecule has 1 aliphatic heterocycles. The first kappa shape index (κ1) is 21.0. The number of aliphatic carboxylic acids is 1. The van der Waals surface area contributed by atoms with Gasteiger partial charge in [-0.05, 0) is 41.8 Å². The SMILES string of the molecule is CN(C)c1ccc(C2=NN(C(=O)CCCC(=O)O)C(c3ccc(Br)cc3)C2)cc1. The number of hydrazone groups is 1. The Kier molecular flexibility index (Phi) is 6.69. The summed E-state index contributed by atoms with van der Waals surface area (Å²) in [5.74, 6) is -1.05. The van der Waals surface area contributed by atoms with E-state index in [1.165, 1.54) is 5.01 Å². The van der Waals surface area contributed by atoms with Crippen LogP contribution in [-0.4, -0.2) is 41.8 Å². The number of amides is 1. The fourth-order valence-electron chi connectivity index (χ4n) is 3.32. The van der Waals surface area contributed by atoms with E-state index < -0.39 is 5.97 Å². The standard InChI is InChI=1S/C22H24BrN3O3/c1-25(2)18-12-8-15(9-13-18)19-14-20(16-6-10-17(23)11-7-16)26(24-19)21(27)4-3-5-22(28)29/h6-13,20H,3-5,14H2,1-2H3,(H,28,29). The van der Waals surface area contributed by atoms with Crippen molar-refractivity contribution in [3.63, 3.8) is 0 Å². The lowest BCUT2D eigenvalue weighted by Crippen LogP contribution is -2.27. The molecule has 7 heteroatoms. The molecule has 0 aromatic heterocycles. The van der Waals surface area contributed by atoms with Crippen molar-refractivity contribution >= 4 is 39.2 Å². The molecule has 2 aromatic rings. The van der Waals surface area contributed by atoms with Gasteiger partial charge in [-0.15, -0.1) is 0 Å². The van der Waals surface area contributed by atoms with Gasteiger partial charge in [0.1, 0.15) is 0 Å². The lowest BCUT2D eigenvalue weighted by molar-refractivity contribution is -0.137. The third-order valence-corrected chi connectivity index (χ3v) is 5.45. The summed E-state index contributed by atoms with van der Waals surface area (Å²) in [7, 11) is 3.98. The number of carbonyl (C=O) groups excluding carboxylic acids is 1. The summed E-state index contributed by atoms with van der Waals surface area (Å²) in [5.41, 5.74) is 3.94. The van der Waals surface area contributed by atoms with E-state index in [9.17, 15) is 9.59 Å². The second kappa shape index (κ2) is 9.22. The van der Waals surface area contributed by atoms with Crippen molar-refractivity contribution in [2.45, 2.75) is 31.7 Å². The minimum Gasteiger partial charge on any atom is -0.481 e. The maximum atomic E-state index is 12.8. The Morgan fingerprint density at radius 1 is 1.10 bits per heavy atom. The smallest absolute Gasteiger partial charge is 0.303 e. The summed E-state index contributed by atoms with van der Waals surface area (Å²) in [6.07, 6.45) is 1.06. The van der Waals surface area contributed by atoms with Crippen molar-refractivity contribution in [1.29, 1.82) is 0 Å². The van der Waals surface area contributed by atoms with Crippen molar-refractivity contribution in [3.05, 3.63) is 64.1 Å². The van der Waals surface area contributed by atoms with Crippen LogP contribution in [0.15, 0.2) is 58.1 Å². The fraction of sp³-hybridized carbons (Fsp3) is 0.318. The Labute approximate surface area is 179 Å². The maximum absolute atomic E-state index is 12.8. The summed E-state index contributed by atoms with van der Waals surface area (Å²) in [6, 6.07) is 15.8. The van der Waals surface area contributed by atoms with Gasteiger partial charge in [0.05, 0.1) is 11.8 Å². The van der Waals surface area contributed by atoms with Crippen LogP contribution in [0.25, 0.3) is 0 Å². The largest absolute Gasteiger partial charge is 0.481 e. The molecule has 1 heterocycles. The highest BCUT2D eigenvalue weighted by Gasteiger charge is 2.32. The number of benzene rings is 2. The second-order valence-corrected chi connectivity index (χ2v) is 8.16. The number of nitrogens with zero attached hydrogens (tertiary/aromatic N) is 3. The maximum Gasteiger partial charge on any atom is 0.303 e. The first-order chi connectivity index (χ1) is 13.8. The summed E-state index contributed by atoms with van der Waals surface area (Å²) < 4.78 is 0.971. The van der Waals surface area contributed by atoms with Gasteiger partial charge in [0.15, 0.2) is 0 Å². The quantitative estimate of drug-likeness (QED) is 0.666. The predicted molar refractivity (Wildman–Crippen MR) is 117 cm³/mol. The number of hydrogen-bond acceptors (Lipinski definition) is 4. The zero-order valence-corrected chi connectivity index (χ0v) is 18.1. The Bertz CT molecular complexity index is 908. The monoisotopic (exact) mass is 457 g/mol. The van der Waals surface area contributed by atoms with E-state index in [1.807, 2.05) is 67.5 Å². The first-order valence-electron chi connectivity index (χ1n) is 9.49. The van der Waals surface area contributed by atoms with Gasteiger partial charge < -0.3 is 10.0 Å².